The average molecular weight is 238 g/mol. The molecule has 1 aromatic carbocycles. The molecule has 0 fully saturated rings. The molecule has 3 N–H and O–H groups in total. The van der Waals surface area contributed by atoms with Gasteiger partial charge in [-0.3, -0.25) is 0 Å². The fourth-order valence-electron chi connectivity index (χ4n) is 1.71. The van der Waals surface area contributed by atoms with Crippen molar-refractivity contribution in [2.45, 2.75) is 13.0 Å². The van der Waals surface area contributed by atoms with E-state index in [2.05, 4.69) is 10.3 Å². The third-order valence-electron chi connectivity index (χ3n) is 2.67. The maximum Gasteiger partial charge on any atom is 0.140 e. The maximum absolute atomic E-state index is 8.67. The molecular formula is C14H14N4. The van der Waals surface area contributed by atoms with Gasteiger partial charge in [0.25, 0.3) is 0 Å². The van der Waals surface area contributed by atoms with E-state index in [1.54, 1.807) is 12.3 Å². The van der Waals surface area contributed by atoms with Crippen LogP contribution in [0.3, 0.4) is 0 Å². The van der Waals surface area contributed by atoms with Crippen LogP contribution in [-0.4, -0.2) is 4.98 Å². The van der Waals surface area contributed by atoms with Crippen molar-refractivity contribution in [1.29, 1.82) is 5.26 Å². The number of hydrogen-bond acceptors (Lipinski definition) is 4. The molecule has 1 heterocycles. The monoisotopic (exact) mass is 238 g/mol. The molecule has 0 aliphatic heterocycles. The molecule has 0 spiro atoms. The zero-order chi connectivity index (χ0) is 13.0. The molecule has 0 aliphatic carbocycles. The summed E-state index contributed by atoms with van der Waals surface area (Å²) in [6.07, 6.45) is 1.65. The Morgan fingerprint density at radius 1 is 1.33 bits per heavy atom. The van der Waals surface area contributed by atoms with Crippen LogP contribution in [0.15, 0.2) is 42.6 Å². The second-order valence-electron chi connectivity index (χ2n) is 4.08. The van der Waals surface area contributed by atoms with E-state index in [4.69, 9.17) is 11.0 Å². The number of nitrogens with two attached hydrogens (primary N) is 1. The Kier molecular flexibility index (Phi) is 3.44. The van der Waals surface area contributed by atoms with E-state index in [0.717, 1.165) is 16.9 Å². The van der Waals surface area contributed by atoms with Crippen LogP contribution >= 0.6 is 0 Å². The van der Waals surface area contributed by atoms with Crippen LogP contribution in [0, 0.1) is 11.3 Å². The van der Waals surface area contributed by atoms with Crippen molar-refractivity contribution >= 4 is 11.4 Å². The van der Waals surface area contributed by atoms with Crippen molar-refractivity contribution in [2.24, 2.45) is 0 Å². The minimum atomic E-state index is 0.128. The number of aromatic nitrogens is 1. The first-order valence-corrected chi connectivity index (χ1v) is 5.67. The van der Waals surface area contributed by atoms with Gasteiger partial charge in [-0.05, 0) is 36.8 Å². The second-order valence-corrected chi connectivity index (χ2v) is 4.08. The zero-order valence-corrected chi connectivity index (χ0v) is 10.1. The van der Waals surface area contributed by atoms with Crippen LogP contribution in [0.5, 0.6) is 0 Å². The Bertz CT molecular complexity index is 569. The molecule has 0 saturated carbocycles. The van der Waals surface area contributed by atoms with Crippen LogP contribution < -0.4 is 11.1 Å². The van der Waals surface area contributed by atoms with Crippen molar-refractivity contribution in [1.82, 2.24) is 4.98 Å². The standard InChI is InChI=1S/C14H14N4/c1-10(11-3-2-4-12(16)7-11)18-14-6-5-13(8-15)17-9-14/h2-7,9-10,18H,16H2,1H3. The third-order valence-corrected chi connectivity index (χ3v) is 2.67. The van der Waals surface area contributed by atoms with Crippen LogP contribution in [0.1, 0.15) is 24.2 Å². The van der Waals surface area contributed by atoms with Gasteiger partial charge in [-0.25, -0.2) is 4.98 Å². The van der Waals surface area contributed by atoms with Gasteiger partial charge in [-0.15, -0.1) is 0 Å². The number of benzene rings is 1. The van der Waals surface area contributed by atoms with E-state index >= 15 is 0 Å². The lowest BCUT2D eigenvalue weighted by atomic mass is 10.1. The van der Waals surface area contributed by atoms with Crippen LogP contribution in [0.25, 0.3) is 0 Å². The summed E-state index contributed by atoms with van der Waals surface area (Å²) in [7, 11) is 0. The van der Waals surface area contributed by atoms with Crippen molar-refractivity contribution in [3.8, 4) is 6.07 Å². The zero-order valence-electron chi connectivity index (χ0n) is 10.1. The van der Waals surface area contributed by atoms with Crippen molar-refractivity contribution < 1.29 is 0 Å². The first-order chi connectivity index (χ1) is 8.69. The van der Waals surface area contributed by atoms with Gasteiger partial charge >= 0.3 is 0 Å². The third kappa shape index (κ3) is 2.77. The van der Waals surface area contributed by atoms with E-state index in [-0.39, 0.29) is 6.04 Å². The molecule has 4 nitrogen and oxygen atoms in total. The highest BCUT2D eigenvalue weighted by molar-refractivity contribution is 5.47. The second kappa shape index (κ2) is 5.19. The number of nitrogens with zero attached hydrogens (tertiary/aromatic N) is 2. The van der Waals surface area contributed by atoms with Gasteiger partial charge in [0.1, 0.15) is 11.8 Å². The topological polar surface area (TPSA) is 74.7 Å². The Morgan fingerprint density at radius 3 is 2.78 bits per heavy atom. The van der Waals surface area contributed by atoms with Gasteiger partial charge in [0, 0.05) is 11.7 Å². The highest BCUT2D eigenvalue weighted by atomic mass is 14.9. The molecule has 0 radical (unpaired) electrons. The molecule has 4 heteroatoms. The Labute approximate surface area is 106 Å². The molecule has 18 heavy (non-hydrogen) atoms. The molecule has 2 rings (SSSR count). The number of hydrogen-bond donors (Lipinski definition) is 2. The lowest BCUT2D eigenvalue weighted by molar-refractivity contribution is 0.883. The van der Waals surface area contributed by atoms with Gasteiger partial charge in [0.15, 0.2) is 0 Å². The summed E-state index contributed by atoms with van der Waals surface area (Å²) in [6.45, 7) is 2.05. The highest BCUT2D eigenvalue weighted by Crippen LogP contribution is 2.20. The van der Waals surface area contributed by atoms with Crippen LogP contribution in [0.4, 0.5) is 11.4 Å². The lowest BCUT2D eigenvalue weighted by Gasteiger charge is -2.15. The SMILES string of the molecule is CC(Nc1ccc(C#N)nc1)c1cccc(N)c1. The molecule has 1 unspecified atom stereocenters. The van der Waals surface area contributed by atoms with E-state index in [1.807, 2.05) is 43.3 Å². The first kappa shape index (κ1) is 11.9. The van der Waals surface area contributed by atoms with Crippen molar-refractivity contribution in [3.05, 3.63) is 53.9 Å². The molecule has 1 atom stereocenters. The van der Waals surface area contributed by atoms with Gasteiger partial charge < -0.3 is 11.1 Å². The molecule has 2 aromatic rings. The number of pyridine rings is 1. The lowest BCUT2D eigenvalue weighted by Crippen LogP contribution is -2.07. The minimum absolute atomic E-state index is 0.128. The largest absolute Gasteiger partial charge is 0.399 e. The summed E-state index contributed by atoms with van der Waals surface area (Å²) in [6, 6.07) is 13.4. The molecule has 0 saturated heterocycles. The van der Waals surface area contributed by atoms with Gasteiger partial charge in [-0.1, -0.05) is 12.1 Å². The number of nitriles is 1. The molecule has 0 aliphatic rings. The predicted molar refractivity (Wildman–Crippen MR) is 71.8 cm³/mol. The smallest absolute Gasteiger partial charge is 0.140 e. The van der Waals surface area contributed by atoms with E-state index in [9.17, 15) is 0 Å². The van der Waals surface area contributed by atoms with Gasteiger partial charge in [-0.2, -0.15) is 5.26 Å². The summed E-state index contributed by atoms with van der Waals surface area (Å²) >= 11 is 0. The number of anilines is 2. The van der Waals surface area contributed by atoms with Crippen molar-refractivity contribution in [3.63, 3.8) is 0 Å². The quantitative estimate of drug-likeness (QED) is 0.806. The fraction of sp³-hybridized carbons (Fsp3) is 0.143. The van der Waals surface area contributed by atoms with Crippen LogP contribution in [-0.2, 0) is 0 Å². The van der Waals surface area contributed by atoms with E-state index < -0.39 is 0 Å². The van der Waals surface area contributed by atoms with Gasteiger partial charge in [0.05, 0.1) is 11.9 Å². The summed E-state index contributed by atoms with van der Waals surface area (Å²) in [5, 5.41) is 12.0. The summed E-state index contributed by atoms with van der Waals surface area (Å²) < 4.78 is 0. The summed E-state index contributed by atoms with van der Waals surface area (Å²) in [5.74, 6) is 0. The fourth-order valence-corrected chi connectivity index (χ4v) is 1.71. The molecular weight excluding hydrogens is 224 g/mol. The number of nitrogens with one attached hydrogen (secondary N) is 1. The average Bonchev–Trinajstić information content (AvgIpc) is 2.39. The minimum Gasteiger partial charge on any atom is -0.399 e. The Morgan fingerprint density at radius 2 is 2.17 bits per heavy atom. The van der Waals surface area contributed by atoms with Gasteiger partial charge in [0.2, 0.25) is 0 Å². The van der Waals surface area contributed by atoms with E-state index in [1.165, 1.54) is 0 Å². The number of nitrogen functional groups attached to an aromatic ring is 1. The Hall–Kier alpha value is -2.54. The maximum atomic E-state index is 8.67. The first-order valence-electron chi connectivity index (χ1n) is 5.67. The van der Waals surface area contributed by atoms with Crippen molar-refractivity contribution in [2.75, 3.05) is 11.1 Å². The molecule has 1 aromatic heterocycles. The molecule has 0 bridgehead atoms. The molecule has 0 amide bonds. The summed E-state index contributed by atoms with van der Waals surface area (Å²) in [5.41, 5.74) is 8.90. The Balaban J connectivity index is 2.11. The summed E-state index contributed by atoms with van der Waals surface area (Å²) in [4.78, 5) is 4.01. The predicted octanol–water partition coefficient (Wildman–Crippen LogP) is 2.71. The van der Waals surface area contributed by atoms with Crippen LogP contribution in [0.2, 0.25) is 0 Å². The van der Waals surface area contributed by atoms with E-state index in [0.29, 0.717) is 5.69 Å². The highest BCUT2D eigenvalue weighted by Gasteiger charge is 2.05. The molecule has 90 valence electrons. The number of rotatable bonds is 3. The normalized spacial score (nSPS) is 11.6.